The Bertz CT molecular complexity index is 467. The first kappa shape index (κ1) is 15.0. The van der Waals surface area contributed by atoms with E-state index in [1.54, 1.807) is 0 Å². The van der Waals surface area contributed by atoms with E-state index >= 15 is 0 Å². The molecule has 0 aliphatic carbocycles. The van der Waals surface area contributed by atoms with Crippen molar-refractivity contribution in [1.82, 2.24) is 10.2 Å². The number of amides is 1. The van der Waals surface area contributed by atoms with Crippen LogP contribution in [0.25, 0.3) is 0 Å². The molecule has 2 rings (SSSR count). The van der Waals surface area contributed by atoms with Gasteiger partial charge in [-0.1, -0.05) is 24.6 Å². The number of nitrogens with one attached hydrogen (secondary N) is 2. The molecular weight excluding hydrogens is 250 g/mol. The van der Waals surface area contributed by atoms with Crippen molar-refractivity contribution in [3.8, 4) is 0 Å². The van der Waals surface area contributed by atoms with E-state index < -0.39 is 0 Å². The molecule has 1 aliphatic heterocycles. The van der Waals surface area contributed by atoms with Gasteiger partial charge in [0.2, 0.25) is 5.91 Å². The van der Waals surface area contributed by atoms with Crippen LogP contribution in [-0.2, 0) is 4.79 Å². The van der Waals surface area contributed by atoms with Crippen LogP contribution in [0, 0.1) is 13.8 Å². The maximum absolute atomic E-state index is 12.2. The predicted molar refractivity (Wildman–Crippen MR) is 83.1 cm³/mol. The van der Waals surface area contributed by atoms with Crippen molar-refractivity contribution >= 4 is 11.6 Å². The van der Waals surface area contributed by atoms with E-state index in [1.807, 2.05) is 19.1 Å². The molecule has 0 saturated carbocycles. The molecule has 0 bridgehead atoms. The highest BCUT2D eigenvalue weighted by molar-refractivity contribution is 5.93. The molecule has 1 heterocycles. The van der Waals surface area contributed by atoms with Gasteiger partial charge in [0.15, 0.2) is 0 Å². The predicted octanol–water partition coefficient (Wildman–Crippen LogP) is 1.93. The maximum atomic E-state index is 12.2. The molecule has 110 valence electrons. The first-order valence-corrected chi connectivity index (χ1v) is 7.42. The second-order valence-electron chi connectivity index (χ2n) is 5.58. The summed E-state index contributed by atoms with van der Waals surface area (Å²) in [6, 6.07) is 6.59. The largest absolute Gasteiger partial charge is 0.325 e. The number of carbonyl (C=O) groups excluding carboxylic acids is 1. The van der Waals surface area contributed by atoms with Crippen molar-refractivity contribution in [2.45, 2.75) is 33.2 Å². The molecule has 0 spiro atoms. The van der Waals surface area contributed by atoms with Gasteiger partial charge in [0, 0.05) is 18.3 Å². The van der Waals surface area contributed by atoms with Crippen LogP contribution < -0.4 is 10.6 Å². The van der Waals surface area contributed by atoms with Gasteiger partial charge in [0.25, 0.3) is 0 Å². The summed E-state index contributed by atoms with van der Waals surface area (Å²) in [5, 5.41) is 6.38. The minimum Gasteiger partial charge on any atom is -0.325 e. The lowest BCUT2D eigenvalue weighted by Crippen LogP contribution is -2.41. The number of benzene rings is 1. The number of anilines is 1. The minimum absolute atomic E-state index is 0.0747. The fourth-order valence-corrected chi connectivity index (χ4v) is 2.78. The standard InChI is InChI=1S/C16H25N3O/c1-4-19(14-7-8-17-10-14)11-16(20)18-15-6-5-12(2)9-13(15)3/h5-6,9,14,17H,4,7-8,10-11H2,1-3H3,(H,18,20). The topological polar surface area (TPSA) is 44.4 Å². The summed E-state index contributed by atoms with van der Waals surface area (Å²) in [5.74, 6) is 0.0747. The minimum atomic E-state index is 0.0747. The molecule has 2 N–H and O–H groups in total. The van der Waals surface area contributed by atoms with Gasteiger partial charge < -0.3 is 10.6 Å². The Hall–Kier alpha value is -1.39. The summed E-state index contributed by atoms with van der Waals surface area (Å²) in [6.07, 6.45) is 1.13. The van der Waals surface area contributed by atoms with Gasteiger partial charge >= 0.3 is 0 Å². The van der Waals surface area contributed by atoms with E-state index in [9.17, 15) is 4.79 Å². The van der Waals surface area contributed by atoms with Gasteiger partial charge in [-0.2, -0.15) is 0 Å². The molecule has 4 heteroatoms. The first-order chi connectivity index (χ1) is 9.60. The fraction of sp³-hybridized carbons (Fsp3) is 0.562. The molecule has 1 aromatic carbocycles. The number of hydrogen-bond acceptors (Lipinski definition) is 3. The number of aryl methyl sites for hydroxylation is 2. The molecule has 0 aromatic heterocycles. The van der Waals surface area contributed by atoms with E-state index in [1.165, 1.54) is 5.56 Å². The van der Waals surface area contributed by atoms with Crippen LogP contribution in [0.1, 0.15) is 24.5 Å². The lowest BCUT2D eigenvalue weighted by molar-refractivity contribution is -0.117. The molecule has 20 heavy (non-hydrogen) atoms. The Balaban J connectivity index is 1.93. The Morgan fingerprint density at radius 1 is 1.45 bits per heavy atom. The van der Waals surface area contributed by atoms with E-state index in [-0.39, 0.29) is 5.91 Å². The van der Waals surface area contributed by atoms with Crippen molar-refractivity contribution in [3.05, 3.63) is 29.3 Å². The second kappa shape index (κ2) is 6.86. The SMILES string of the molecule is CCN(CC(=O)Nc1ccc(C)cc1C)C1CCNC1. The van der Waals surface area contributed by atoms with Crippen molar-refractivity contribution in [2.75, 3.05) is 31.5 Å². The van der Waals surface area contributed by atoms with Gasteiger partial charge in [0.05, 0.1) is 6.54 Å². The Morgan fingerprint density at radius 3 is 2.85 bits per heavy atom. The van der Waals surface area contributed by atoms with Crippen molar-refractivity contribution in [3.63, 3.8) is 0 Å². The zero-order valence-corrected chi connectivity index (χ0v) is 12.7. The third-order valence-corrected chi connectivity index (χ3v) is 3.96. The first-order valence-electron chi connectivity index (χ1n) is 7.42. The molecule has 0 radical (unpaired) electrons. The quantitative estimate of drug-likeness (QED) is 0.863. The van der Waals surface area contributed by atoms with Gasteiger partial charge in [-0.15, -0.1) is 0 Å². The lowest BCUT2D eigenvalue weighted by atomic mass is 10.1. The van der Waals surface area contributed by atoms with Crippen LogP contribution in [0.2, 0.25) is 0 Å². The highest BCUT2D eigenvalue weighted by atomic mass is 16.2. The molecular formula is C16H25N3O. The summed E-state index contributed by atoms with van der Waals surface area (Å²) in [5.41, 5.74) is 3.25. The Labute approximate surface area is 121 Å². The highest BCUT2D eigenvalue weighted by Crippen LogP contribution is 2.16. The number of nitrogens with zero attached hydrogens (tertiary/aromatic N) is 1. The molecule has 1 saturated heterocycles. The van der Waals surface area contributed by atoms with Crippen LogP contribution in [0.5, 0.6) is 0 Å². The number of hydrogen-bond donors (Lipinski definition) is 2. The molecule has 1 atom stereocenters. The van der Waals surface area contributed by atoms with Crippen LogP contribution >= 0.6 is 0 Å². The molecule has 1 unspecified atom stereocenters. The van der Waals surface area contributed by atoms with Gasteiger partial charge in [-0.3, -0.25) is 9.69 Å². The van der Waals surface area contributed by atoms with E-state index in [0.29, 0.717) is 12.6 Å². The zero-order valence-electron chi connectivity index (χ0n) is 12.7. The summed E-state index contributed by atoms with van der Waals surface area (Å²) in [4.78, 5) is 14.5. The highest BCUT2D eigenvalue weighted by Gasteiger charge is 2.22. The molecule has 1 fully saturated rings. The van der Waals surface area contributed by atoms with Crippen LogP contribution in [0.15, 0.2) is 18.2 Å². The van der Waals surface area contributed by atoms with Gasteiger partial charge in [-0.05, 0) is 45.0 Å². The third kappa shape index (κ3) is 3.81. The Kier molecular flexibility index (Phi) is 5.15. The van der Waals surface area contributed by atoms with E-state index in [4.69, 9.17) is 0 Å². The van der Waals surface area contributed by atoms with Crippen LogP contribution in [-0.4, -0.2) is 43.0 Å². The third-order valence-electron chi connectivity index (χ3n) is 3.96. The van der Waals surface area contributed by atoms with Crippen molar-refractivity contribution in [2.24, 2.45) is 0 Å². The monoisotopic (exact) mass is 275 g/mol. The van der Waals surface area contributed by atoms with Crippen molar-refractivity contribution in [1.29, 1.82) is 0 Å². The normalized spacial score (nSPS) is 18.5. The summed E-state index contributed by atoms with van der Waals surface area (Å²) in [7, 11) is 0. The second-order valence-corrected chi connectivity index (χ2v) is 5.58. The van der Waals surface area contributed by atoms with Crippen LogP contribution in [0.4, 0.5) is 5.69 Å². The Morgan fingerprint density at radius 2 is 2.25 bits per heavy atom. The van der Waals surface area contributed by atoms with E-state index in [0.717, 1.165) is 37.3 Å². The maximum Gasteiger partial charge on any atom is 0.238 e. The number of likely N-dealkylation sites (N-methyl/N-ethyl adjacent to an activating group) is 1. The molecule has 4 nitrogen and oxygen atoms in total. The van der Waals surface area contributed by atoms with Gasteiger partial charge in [-0.25, -0.2) is 0 Å². The smallest absolute Gasteiger partial charge is 0.238 e. The average molecular weight is 275 g/mol. The summed E-state index contributed by atoms with van der Waals surface area (Å²) >= 11 is 0. The molecule has 1 amide bonds. The summed E-state index contributed by atoms with van der Waals surface area (Å²) < 4.78 is 0. The summed E-state index contributed by atoms with van der Waals surface area (Å²) in [6.45, 7) is 9.63. The molecule has 1 aromatic rings. The molecule has 1 aliphatic rings. The number of rotatable bonds is 5. The lowest BCUT2D eigenvalue weighted by Gasteiger charge is -2.26. The number of carbonyl (C=O) groups is 1. The van der Waals surface area contributed by atoms with E-state index in [2.05, 4.69) is 35.4 Å². The van der Waals surface area contributed by atoms with Crippen molar-refractivity contribution < 1.29 is 4.79 Å². The zero-order chi connectivity index (χ0) is 14.5. The van der Waals surface area contributed by atoms with Gasteiger partial charge in [0.1, 0.15) is 0 Å². The van der Waals surface area contributed by atoms with Crippen LogP contribution in [0.3, 0.4) is 0 Å². The average Bonchev–Trinajstić information content (AvgIpc) is 2.93. The fourth-order valence-electron chi connectivity index (χ4n) is 2.78.